The van der Waals surface area contributed by atoms with Crippen molar-refractivity contribution >= 4 is 27.8 Å². The first kappa shape index (κ1) is 13.1. The summed E-state index contributed by atoms with van der Waals surface area (Å²) >= 11 is 3.51. The molecular weight excluding hydrogens is 306 g/mol. The van der Waals surface area contributed by atoms with Gasteiger partial charge in [0.2, 0.25) is 0 Å². The molecule has 0 spiro atoms. The van der Waals surface area contributed by atoms with E-state index in [0.29, 0.717) is 0 Å². The minimum atomic E-state index is 0.763. The Morgan fingerprint density at radius 1 is 1.21 bits per heavy atom. The second kappa shape index (κ2) is 6.03. The van der Waals surface area contributed by atoms with E-state index in [1.54, 1.807) is 0 Å². The van der Waals surface area contributed by atoms with Gasteiger partial charge < -0.3 is 9.64 Å². The van der Waals surface area contributed by atoms with Crippen LogP contribution in [0.15, 0.2) is 27.7 Å². The maximum absolute atomic E-state index is 5.38. The van der Waals surface area contributed by atoms with E-state index in [4.69, 9.17) is 4.74 Å². The van der Waals surface area contributed by atoms with E-state index in [1.807, 2.05) is 6.21 Å². The van der Waals surface area contributed by atoms with Crippen LogP contribution in [0.25, 0.3) is 0 Å². The van der Waals surface area contributed by atoms with Gasteiger partial charge in [0.25, 0.3) is 0 Å². The van der Waals surface area contributed by atoms with Crippen molar-refractivity contribution in [1.82, 2.24) is 4.90 Å². The molecule has 4 nitrogen and oxygen atoms in total. The first-order valence-electron chi connectivity index (χ1n) is 6.67. The number of aliphatic imine (C=N–C) groups is 1. The van der Waals surface area contributed by atoms with Gasteiger partial charge in [-0.1, -0.05) is 15.9 Å². The molecular formula is C14H18BrN3O. The van der Waals surface area contributed by atoms with Crippen molar-refractivity contribution in [3.63, 3.8) is 0 Å². The summed E-state index contributed by atoms with van der Waals surface area (Å²) in [5.41, 5.74) is 2.48. The van der Waals surface area contributed by atoms with Crippen molar-refractivity contribution in [3.05, 3.63) is 28.2 Å². The van der Waals surface area contributed by atoms with E-state index < -0.39 is 0 Å². The maximum Gasteiger partial charge on any atom is 0.110 e. The molecule has 0 radical (unpaired) electrons. The van der Waals surface area contributed by atoms with E-state index in [-0.39, 0.29) is 0 Å². The predicted molar refractivity (Wildman–Crippen MR) is 81.2 cm³/mol. The van der Waals surface area contributed by atoms with Gasteiger partial charge in [-0.15, -0.1) is 0 Å². The molecule has 2 aliphatic heterocycles. The maximum atomic E-state index is 5.38. The third-order valence-electron chi connectivity index (χ3n) is 3.60. The number of halogens is 1. The van der Waals surface area contributed by atoms with E-state index in [2.05, 4.69) is 48.9 Å². The molecule has 0 aliphatic carbocycles. The number of rotatable bonds is 3. The lowest BCUT2D eigenvalue weighted by Gasteiger charge is -2.32. The number of fused-ring (bicyclic) bond motifs is 1. The largest absolute Gasteiger partial charge is 0.379 e. The molecule has 1 fully saturated rings. The van der Waals surface area contributed by atoms with Crippen LogP contribution in [0.2, 0.25) is 0 Å². The van der Waals surface area contributed by atoms with Gasteiger partial charge in [0.15, 0.2) is 0 Å². The Kier molecular flexibility index (Phi) is 4.15. The third kappa shape index (κ3) is 3.16. The number of hydrogen-bond donors (Lipinski definition) is 0. The van der Waals surface area contributed by atoms with Gasteiger partial charge in [0, 0.05) is 48.1 Å². The molecule has 2 aliphatic rings. The minimum absolute atomic E-state index is 0.763. The Bertz CT molecular complexity index is 472. The molecule has 19 heavy (non-hydrogen) atoms. The van der Waals surface area contributed by atoms with E-state index in [0.717, 1.165) is 50.5 Å². The second-order valence-electron chi connectivity index (χ2n) is 4.87. The standard InChI is InChI=1S/C14H18BrN3O/c15-13-1-2-14-12(9-13)10-16-11-18(14)4-3-17-5-7-19-8-6-17/h1-2,9-10H,3-8,11H2. The molecule has 0 unspecified atom stereocenters. The normalized spacial score (nSPS) is 19.5. The topological polar surface area (TPSA) is 28.1 Å². The summed E-state index contributed by atoms with van der Waals surface area (Å²) in [7, 11) is 0. The van der Waals surface area contributed by atoms with Crippen molar-refractivity contribution in [2.24, 2.45) is 4.99 Å². The highest BCUT2D eigenvalue weighted by atomic mass is 79.9. The number of benzene rings is 1. The lowest BCUT2D eigenvalue weighted by Crippen LogP contribution is -2.42. The van der Waals surface area contributed by atoms with Gasteiger partial charge in [-0.25, -0.2) is 0 Å². The lowest BCUT2D eigenvalue weighted by atomic mass is 10.1. The Morgan fingerprint density at radius 3 is 2.89 bits per heavy atom. The van der Waals surface area contributed by atoms with Gasteiger partial charge in [0.05, 0.1) is 13.2 Å². The van der Waals surface area contributed by atoms with Crippen molar-refractivity contribution < 1.29 is 4.74 Å². The third-order valence-corrected chi connectivity index (χ3v) is 4.10. The van der Waals surface area contributed by atoms with Crippen LogP contribution >= 0.6 is 15.9 Å². The van der Waals surface area contributed by atoms with Crippen LogP contribution in [0.4, 0.5) is 5.69 Å². The second-order valence-corrected chi connectivity index (χ2v) is 5.79. The van der Waals surface area contributed by atoms with Crippen LogP contribution in [-0.4, -0.2) is 57.2 Å². The van der Waals surface area contributed by atoms with Crippen molar-refractivity contribution in [3.8, 4) is 0 Å². The first-order chi connectivity index (χ1) is 9.33. The van der Waals surface area contributed by atoms with E-state index in [1.165, 1.54) is 11.3 Å². The molecule has 5 heteroatoms. The van der Waals surface area contributed by atoms with Crippen LogP contribution in [0.1, 0.15) is 5.56 Å². The number of ether oxygens (including phenoxy) is 1. The molecule has 0 N–H and O–H groups in total. The summed E-state index contributed by atoms with van der Waals surface area (Å²) in [6.07, 6.45) is 1.96. The number of nitrogens with zero attached hydrogens (tertiary/aromatic N) is 3. The summed E-state index contributed by atoms with van der Waals surface area (Å²) in [5.74, 6) is 0. The van der Waals surface area contributed by atoms with Crippen LogP contribution in [0.3, 0.4) is 0 Å². The van der Waals surface area contributed by atoms with Crippen LogP contribution < -0.4 is 4.90 Å². The minimum Gasteiger partial charge on any atom is -0.379 e. The highest BCUT2D eigenvalue weighted by molar-refractivity contribution is 9.10. The summed E-state index contributed by atoms with van der Waals surface area (Å²) < 4.78 is 6.48. The first-order valence-corrected chi connectivity index (χ1v) is 7.47. The molecule has 0 amide bonds. The van der Waals surface area contributed by atoms with Gasteiger partial charge in [-0.3, -0.25) is 9.89 Å². The zero-order valence-electron chi connectivity index (χ0n) is 10.9. The van der Waals surface area contributed by atoms with Crippen molar-refractivity contribution in [2.45, 2.75) is 0 Å². The summed E-state index contributed by atoms with van der Waals surface area (Å²) in [6.45, 7) is 6.68. The Morgan fingerprint density at radius 2 is 2.05 bits per heavy atom. The SMILES string of the molecule is Brc1ccc2c(c1)C=NCN2CCN1CCOCC1. The van der Waals surface area contributed by atoms with E-state index >= 15 is 0 Å². The van der Waals surface area contributed by atoms with Gasteiger partial charge >= 0.3 is 0 Å². The fraction of sp³-hybridized carbons (Fsp3) is 0.500. The van der Waals surface area contributed by atoms with Gasteiger partial charge in [0.1, 0.15) is 6.67 Å². The van der Waals surface area contributed by atoms with Crippen molar-refractivity contribution in [1.29, 1.82) is 0 Å². The fourth-order valence-corrected chi connectivity index (χ4v) is 2.89. The quantitative estimate of drug-likeness (QED) is 0.851. The Labute approximate surface area is 122 Å². The smallest absolute Gasteiger partial charge is 0.110 e. The molecule has 0 saturated carbocycles. The molecule has 0 bridgehead atoms. The lowest BCUT2D eigenvalue weighted by molar-refractivity contribution is 0.0392. The zero-order valence-corrected chi connectivity index (χ0v) is 12.5. The average molecular weight is 324 g/mol. The fourth-order valence-electron chi connectivity index (χ4n) is 2.51. The monoisotopic (exact) mass is 323 g/mol. The number of anilines is 1. The summed E-state index contributed by atoms with van der Waals surface area (Å²) in [6, 6.07) is 6.39. The van der Waals surface area contributed by atoms with Crippen molar-refractivity contribution in [2.75, 3.05) is 51.0 Å². The molecule has 0 atom stereocenters. The molecule has 1 aromatic rings. The van der Waals surface area contributed by atoms with E-state index in [9.17, 15) is 0 Å². The highest BCUT2D eigenvalue weighted by Gasteiger charge is 2.16. The Balaban J connectivity index is 1.64. The van der Waals surface area contributed by atoms with Crippen LogP contribution in [0, 0.1) is 0 Å². The predicted octanol–water partition coefficient (Wildman–Crippen LogP) is 1.98. The average Bonchev–Trinajstić information content (AvgIpc) is 2.45. The van der Waals surface area contributed by atoms with Crippen LogP contribution in [0.5, 0.6) is 0 Å². The molecule has 0 aromatic heterocycles. The summed E-state index contributed by atoms with van der Waals surface area (Å²) in [4.78, 5) is 9.24. The molecule has 3 rings (SSSR count). The molecule has 1 aromatic carbocycles. The van der Waals surface area contributed by atoms with Crippen LogP contribution in [-0.2, 0) is 4.74 Å². The molecule has 102 valence electrons. The molecule has 1 saturated heterocycles. The number of morpholine rings is 1. The van der Waals surface area contributed by atoms with Gasteiger partial charge in [-0.2, -0.15) is 0 Å². The summed E-state index contributed by atoms with van der Waals surface area (Å²) in [5, 5.41) is 0. The zero-order chi connectivity index (χ0) is 13.1. The highest BCUT2D eigenvalue weighted by Crippen LogP contribution is 2.25. The molecule has 2 heterocycles. The Hall–Kier alpha value is -0.910. The van der Waals surface area contributed by atoms with Gasteiger partial charge in [-0.05, 0) is 18.2 Å². The number of hydrogen-bond acceptors (Lipinski definition) is 4.